The molecule has 0 bridgehead atoms. The van der Waals surface area contributed by atoms with Crippen molar-refractivity contribution >= 4 is 17.6 Å². The second-order valence-corrected chi connectivity index (χ2v) is 4.15. The molecule has 0 aliphatic carbocycles. The van der Waals surface area contributed by atoms with Gasteiger partial charge in [-0.15, -0.1) is 0 Å². The van der Waals surface area contributed by atoms with Crippen LogP contribution in [0.3, 0.4) is 0 Å². The number of esters is 1. The highest BCUT2D eigenvalue weighted by atomic mass is 16.5. The fourth-order valence-electron chi connectivity index (χ4n) is 1.60. The van der Waals surface area contributed by atoms with E-state index in [1.165, 1.54) is 24.1 Å². The lowest BCUT2D eigenvalue weighted by molar-refractivity contribution is -0.140. The number of anilines is 1. The van der Waals surface area contributed by atoms with E-state index in [0.717, 1.165) is 0 Å². The van der Waals surface area contributed by atoms with Crippen LogP contribution in [0.25, 0.3) is 0 Å². The van der Waals surface area contributed by atoms with Crippen LogP contribution in [0, 0.1) is 0 Å². The molecule has 1 amide bonds. The van der Waals surface area contributed by atoms with Crippen molar-refractivity contribution in [3.8, 4) is 5.75 Å². The van der Waals surface area contributed by atoms with Gasteiger partial charge in [-0.1, -0.05) is 6.07 Å². The number of phenols is 1. The molecular formula is C13H18N2O4. The van der Waals surface area contributed by atoms with Crippen LogP contribution in [-0.4, -0.2) is 42.6 Å². The molecule has 1 aromatic carbocycles. The molecule has 6 heteroatoms. The lowest BCUT2D eigenvalue weighted by atomic mass is 10.1. The Bertz CT molecular complexity index is 474. The highest BCUT2D eigenvalue weighted by molar-refractivity contribution is 5.98. The first-order valence-corrected chi connectivity index (χ1v) is 5.87. The zero-order valence-corrected chi connectivity index (χ0v) is 11.0. The van der Waals surface area contributed by atoms with E-state index in [2.05, 4.69) is 4.74 Å². The van der Waals surface area contributed by atoms with Gasteiger partial charge in [-0.25, -0.2) is 0 Å². The number of hydrogen-bond donors (Lipinski definition) is 2. The number of methoxy groups -OCH3 is 1. The third kappa shape index (κ3) is 3.87. The minimum absolute atomic E-state index is 0.153. The number of rotatable bonds is 5. The molecule has 0 unspecified atom stereocenters. The summed E-state index contributed by atoms with van der Waals surface area (Å²) in [5.74, 6) is -0.866. The van der Waals surface area contributed by atoms with Gasteiger partial charge in [-0.3, -0.25) is 9.59 Å². The van der Waals surface area contributed by atoms with E-state index in [1.807, 2.05) is 0 Å². The van der Waals surface area contributed by atoms with E-state index in [9.17, 15) is 14.7 Å². The maximum absolute atomic E-state index is 12.1. The van der Waals surface area contributed by atoms with Gasteiger partial charge in [-0.05, 0) is 18.6 Å². The average Bonchev–Trinajstić information content (AvgIpc) is 2.40. The summed E-state index contributed by atoms with van der Waals surface area (Å²) < 4.78 is 4.51. The van der Waals surface area contributed by atoms with Crippen LogP contribution in [-0.2, 0) is 9.53 Å². The number of carbonyl (C=O) groups excluding carboxylic acids is 2. The van der Waals surface area contributed by atoms with Gasteiger partial charge < -0.3 is 20.5 Å². The standard InChI is InChI=1S/C13H18N2O4/c1-15(8-4-7-11(16)19-2)13(18)9-5-3-6-10(14)12(9)17/h3,5-6,17H,4,7-8,14H2,1-2H3. The quantitative estimate of drug-likeness (QED) is 0.471. The van der Waals surface area contributed by atoms with Crippen molar-refractivity contribution in [2.45, 2.75) is 12.8 Å². The number of nitrogen functional groups attached to an aromatic ring is 1. The number of nitrogens with two attached hydrogens (primary N) is 1. The first kappa shape index (κ1) is 14.8. The average molecular weight is 266 g/mol. The lowest BCUT2D eigenvalue weighted by Crippen LogP contribution is -2.28. The number of benzene rings is 1. The first-order valence-electron chi connectivity index (χ1n) is 5.87. The topological polar surface area (TPSA) is 92.9 Å². The van der Waals surface area contributed by atoms with Crippen molar-refractivity contribution in [1.29, 1.82) is 0 Å². The van der Waals surface area contributed by atoms with Gasteiger partial charge in [0.25, 0.3) is 5.91 Å². The SMILES string of the molecule is COC(=O)CCCN(C)C(=O)c1cccc(N)c1O. The van der Waals surface area contributed by atoms with Crippen LogP contribution >= 0.6 is 0 Å². The number of nitrogens with zero attached hydrogens (tertiary/aromatic N) is 1. The van der Waals surface area contributed by atoms with Crippen molar-refractivity contribution in [1.82, 2.24) is 4.90 Å². The molecule has 1 aromatic rings. The third-order valence-corrected chi connectivity index (χ3v) is 2.75. The van der Waals surface area contributed by atoms with E-state index in [4.69, 9.17) is 5.73 Å². The van der Waals surface area contributed by atoms with E-state index in [1.54, 1.807) is 13.1 Å². The van der Waals surface area contributed by atoms with Crippen molar-refractivity contribution in [3.63, 3.8) is 0 Å². The van der Waals surface area contributed by atoms with Gasteiger partial charge in [0, 0.05) is 20.0 Å². The molecule has 0 saturated heterocycles. The fraction of sp³-hybridized carbons (Fsp3) is 0.385. The third-order valence-electron chi connectivity index (χ3n) is 2.75. The van der Waals surface area contributed by atoms with Crippen LogP contribution < -0.4 is 5.73 Å². The van der Waals surface area contributed by atoms with Crippen LogP contribution in [0.4, 0.5) is 5.69 Å². The number of carbonyl (C=O) groups is 2. The smallest absolute Gasteiger partial charge is 0.305 e. The zero-order chi connectivity index (χ0) is 14.4. The molecule has 0 radical (unpaired) electrons. The Kier molecular flexibility index (Phi) is 5.17. The number of ether oxygens (including phenoxy) is 1. The van der Waals surface area contributed by atoms with E-state index in [0.29, 0.717) is 13.0 Å². The van der Waals surface area contributed by atoms with Crippen LogP contribution in [0.15, 0.2) is 18.2 Å². The van der Waals surface area contributed by atoms with E-state index in [-0.39, 0.29) is 35.3 Å². The molecule has 104 valence electrons. The minimum Gasteiger partial charge on any atom is -0.505 e. The Morgan fingerprint density at radius 3 is 2.74 bits per heavy atom. The Hall–Kier alpha value is -2.24. The van der Waals surface area contributed by atoms with Crippen molar-refractivity contribution in [2.24, 2.45) is 0 Å². The number of aromatic hydroxyl groups is 1. The summed E-state index contributed by atoms with van der Waals surface area (Å²) >= 11 is 0. The Balaban J connectivity index is 2.62. The number of hydrogen-bond acceptors (Lipinski definition) is 5. The Labute approximate surface area is 111 Å². The molecule has 0 saturated carbocycles. The summed E-state index contributed by atoms with van der Waals surface area (Å²) in [6.45, 7) is 0.391. The zero-order valence-electron chi connectivity index (χ0n) is 11.0. The summed E-state index contributed by atoms with van der Waals surface area (Å²) in [6.07, 6.45) is 0.745. The van der Waals surface area contributed by atoms with Gasteiger partial charge in [0.05, 0.1) is 18.4 Å². The predicted molar refractivity (Wildman–Crippen MR) is 70.7 cm³/mol. The predicted octanol–water partition coefficient (Wildman–Crippen LogP) is 1.000. The summed E-state index contributed by atoms with van der Waals surface area (Å²) in [7, 11) is 2.92. The lowest BCUT2D eigenvalue weighted by Gasteiger charge is -2.17. The normalized spacial score (nSPS) is 10.0. The van der Waals surface area contributed by atoms with Gasteiger partial charge in [0.1, 0.15) is 0 Å². The van der Waals surface area contributed by atoms with Crippen LogP contribution in [0.2, 0.25) is 0 Å². The monoisotopic (exact) mass is 266 g/mol. The summed E-state index contributed by atoms with van der Waals surface area (Å²) in [5, 5.41) is 9.72. The highest BCUT2D eigenvalue weighted by Gasteiger charge is 2.17. The molecule has 0 atom stereocenters. The molecule has 0 spiro atoms. The molecule has 0 fully saturated rings. The van der Waals surface area contributed by atoms with Gasteiger partial charge in [0.2, 0.25) is 0 Å². The second-order valence-electron chi connectivity index (χ2n) is 4.15. The van der Waals surface area contributed by atoms with Crippen molar-refractivity contribution in [3.05, 3.63) is 23.8 Å². The van der Waals surface area contributed by atoms with Crippen molar-refractivity contribution < 1.29 is 19.4 Å². The number of phenolic OH excluding ortho intramolecular Hbond substituents is 1. The second kappa shape index (κ2) is 6.63. The van der Waals surface area contributed by atoms with Crippen LogP contribution in [0.1, 0.15) is 23.2 Å². The van der Waals surface area contributed by atoms with Crippen LogP contribution in [0.5, 0.6) is 5.75 Å². The van der Waals surface area contributed by atoms with Gasteiger partial charge in [0.15, 0.2) is 5.75 Å². The van der Waals surface area contributed by atoms with E-state index < -0.39 is 0 Å². The van der Waals surface area contributed by atoms with Crippen molar-refractivity contribution in [2.75, 3.05) is 26.4 Å². The fourth-order valence-corrected chi connectivity index (χ4v) is 1.60. The molecule has 3 N–H and O–H groups in total. The summed E-state index contributed by atoms with van der Waals surface area (Å²) in [4.78, 5) is 24.4. The summed E-state index contributed by atoms with van der Waals surface area (Å²) in [5.41, 5.74) is 5.85. The Morgan fingerprint density at radius 2 is 2.11 bits per heavy atom. The minimum atomic E-state index is -0.338. The largest absolute Gasteiger partial charge is 0.505 e. The Morgan fingerprint density at radius 1 is 1.42 bits per heavy atom. The van der Waals surface area contributed by atoms with Gasteiger partial charge >= 0.3 is 5.97 Å². The molecule has 19 heavy (non-hydrogen) atoms. The number of amides is 1. The van der Waals surface area contributed by atoms with E-state index >= 15 is 0 Å². The molecule has 0 heterocycles. The molecular weight excluding hydrogens is 248 g/mol. The molecule has 1 rings (SSSR count). The maximum Gasteiger partial charge on any atom is 0.305 e. The van der Waals surface area contributed by atoms with Gasteiger partial charge in [-0.2, -0.15) is 0 Å². The first-order chi connectivity index (χ1) is 8.97. The molecule has 0 aromatic heterocycles. The highest BCUT2D eigenvalue weighted by Crippen LogP contribution is 2.25. The number of para-hydroxylation sites is 1. The maximum atomic E-state index is 12.1. The molecule has 0 aliphatic heterocycles. The molecule has 0 aliphatic rings. The molecule has 6 nitrogen and oxygen atoms in total. The summed E-state index contributed by atoms with van der Waals surface area (Å²) in [6, 6.07) is 4.62.